The summed E-state index contributed by atoms with van der Waals surface area (Å²) in [6, 6.07) is 17.8. The maximum atomic E-state index is 12.9. The van der Waals surface area contributed by atoms with Crippen molar-refractivity contribution in [1.29, 1.82) is 0 Å². The summed E-state index contributed by atoms with van der Waals surface area (Å²) >= 11 is 1.42. The Morgan fingerprint density at radius 3 is 2.42 bits per heavy atom. The Balaban J connectivity index is 1.47. The van der Waals surface area contributed by atoms with Gasteiger partial charge in [0, 0.05) is 30.4 Å². The number of thioether (sulfide) groups is 1. The van der Waals surface area contributed by atoms with Crippen LogP contribution in [-0.4, -0.2) is 57.2 Å². The summed E-state index contributed by atoms with van der Waals surface area (Å²) in [7, 11) is 0. The van der Waals surface area contributed by atoms with E-state index in [-0.39, 0.29) is 24.2 Å². The number of ether oxygens (including phenoxy) is 2. The number of carbonyl (C=O) groups excluding carboxylic acids is 1. The fourth-order valence-corrected chi connectivity index (χ4v) is 5.32. The van der Waals surface area contributed by atoms with Crippen LogP contribution in [0.25, 0.3) is 23.0 Å². The van der Waals surface area contributed by atoms with Crippen LogP contribution in [0.2, 0.25) is 0 Å². The number of benzene rings is 2. The molecule has 0 spiro atoms. The molecule has 2 aliphatic heterocycles. The Morgan fingerprint density at radius 2 is 1.75 bits per heavy atom. The van der Waals surface area contributed by atoms with E-state index in [1.807, 2.05) is 99.2 Å². The molecule has 1 fully saturated rings. The Morgan fingerprint density at radius 1 is 1.06 bits per heavy atom. The number of carbonyl (C=O) groups is 1. The van der Waals surface area contributed by atoms with Gasteiger partial charge in [0.25, 0.3) is 5.91 Å². The molecule has 2 aliphatic rings. The van der Waals surface area contributed by atoms with Crippen molar-refractivity contribution < 1.29 is 14.3 Å². The van der Waals surface area contributed by atoms with E-state index in [4.69, 9.17) is 14.6 Å². The second-order valence-corrected chi connectivity index (χ2v) is 10.4. The normalized spacial score (nSPS) is 21.4. The summed E-state index contributed by atoms with van der Waals surface area (Å²) in [6.07, 6.45) is 4.15. The van der Waals surface area contributed by atoms with Crippen LogP contribution in [0.15, 0.2) is 70.7 Å². The number of para-hydroxylation sites is 1. The third-order valence-electron chi connectivity index (χ3n) is 5.85. The Hall–Kier alpha value is -3.36. The zero-order chi connectivity index (χ0) is 25.2. The lowest BCUT2D eigenvalue weighted by Crippen LogP contribution is -2.47. The molecule has 8 heteroatoms. The van der Waals surface area contributed by atoms with Crippen molar-refractivity contribution in [2.45, 2.75) is 46.0 Å². The van der Waals surface area contributed by atoms with E-state index < -0.39 is 0 Å². The van der Waals surface area contributed by atoms with Gasteiger partial charge >= 0.3 is 0 Å². The number of amidine groups is 1. The fraction of sp³-hybridized carbons (Fsp3) is 0.321. The molecule has 5 rings (SSSR count). The first-order chi connectivity index (χ1) is 17.4. The van der Waals surface area contributed by atoms with E-state index in [0.717, 1.165) is 46.5 Å². The zero-order valence-corrected chi connectivity index (χ0v) is 21.7. The highest BCUT2D eigenvalue weighted by molar-refractivity contribution is 8.18. The average Bonchev–Trinajstić information content (AvgIpc) is 3.43. The van der Waals surface area contributed by atoms with Gasteiger partial charge in [-0.15, -0.1) is 0 Å². The average molecular weight is 503 g/mol. The lowest BCUT2D eigenvalue weighted by Gasteiger charge is -2.35. The van der Waals surface area contributed by atoms with Gasteiger partial charge in [0.1, 0.15) is 5.75 Å². The highest BCUT2D eigenvalue weighted by Crippen LogP contribution is 2.34. The second-order valence-electron chi connectivity index (χ2n) is 9.38. The minimum atomic E-state index is -0.221. The molecule has 0 N–H and O–H groups in total. The van der Waals surface area contributed by atoms with Crippen LogP contribution < -0.4 is 4.74 Å². The molecular weight excluding hydrogens is 472 g/mol. The highest BCUT2D eigenvalue weighted by Gasteiger charge is 2.31. The molecular formula is C28H30N4O3S. The molecule has 186 valence electrons. The number of rotatable bonds is 5. The van der Waals surface area contributed by atoms with Crippen molar-refractivity contribution in [3.8, 4) is 22.7 Å². The van der Waals surface area contributed by atoms with Crippen molar-refractivity contribution in [1.82, 2.24) is 14.7 Å². The number of nitrogens with zero attached hydrogens (tertiary/aromatic N) is 4. The number of morpholine rings is 1. The standard InChI is InChI=1S/C28H30N4O3S/c1-18(2)34-24-12-10-21(11-13-24)26-22(17-32(30-26)23-8-6-5-7-9-23)14-25-27(33)29-28(36-25)31-15-19(3)35-20(4)16-31/h5-14,17-20H,15-16H2,1-4H3/b25-14+. The van der Waals surface area contributed by atoms with Crippen LogP contribution in [0.5, 0.6) is 5.75 Å². The van der Waals surface area contributed by atoms with E-state index in [9.17, 15) is 4.79 Å². The first kappa shape index (κ1) is 24.3. The first-order valence-electron chi connectivity index (χ1n) is 12.2. The van der Waals surface area contributed by atoms with E-state index in [0.29, 0.717) is 4.91 Å². The van der Waals surface area contributed by atoms with Crippen molar-refractivity contribution in [3.05, 3.63) is 71.3 Å². The first-order valence-corrected chi connectivity index (χ1v) is 13.0. The van der Waals surface area contributed by atoms with Gasteiger partial charge in [0.15, 0.2) is 5.17 Å². The van der Waals surface area contributed by atoms with Crippen LogP contribution in [-0.2, 0) is 9.53 Å². The van der Waals surface area contributed by atoms with E-state index >= 15 is 0 Å². The van der Waals surface area contributed by atoms with Gasteiger partial charge in [-0.25, -0.2) is 4.68 Å². The van der Waals surface area contributed by atoms with Gasteiger partial charge in [-0.3, -0.25) is 4.79 Å². The number of hydrogen-bond donors (Lipinski definition) is 0. The summed E-state index contributed by atoms with van der Waals surface area (Å²) in [6.45, 7) is 9.54. The van der Waals surface area contributed by atoms with Crippen molar-refractivity contribution in [2.75, 3.05) is 13.1 Å². The highest BCUT2D eigenvalue weighted by atomic mass is 32.2. The van der Waals surface area contributed by atoms with Crippen LogP contribution >= 0.6 is 11.8 Å². The summed E-state index contributed by atoms with van der Waals surface area (Å²) < 4.78 is 13.5. The topological polar surface area (TPSA) is 68.9 Å². The van der Waals surface area contributed by atoms with Crippen LogP contribution in [0.3, 0.4) is 0 Å². The number of aliphatic imine (C=N–C) groups is 1. The Bertz CT molecular complexity index is 1290. The summed E-state index contributed by atoms with van der Waals surface area (Å²) in [5.41, 5.74) is 3.53. The molecule has 0 radical (unpaired) electrons. The van der Waals surface area contributed by atoms with Crippen molar-refractivity contribution in [2.24, 2.45) is 4.99 Å². The number of aromatic nitrogens is 2. The number of amides is 1. The predicted molar refractivity (Wildman–Crippen MR) is 144 cm³/mol. The molecule has 0 aliphatic carbocycles. The summed E-state index contributed by atoms with van der Waals surface area (Å²) in [5.74, 6) is 0.588. The van der Waals surface area contributed by atoms with Crippen molar-refractivity contribution in [3.63, 3.8) is 0 Å². The molecule has 0 saturated carbocycles. The molecule has 7 nitrogen and oxygen atoms in total. The smallest absolute Gasteiger partial charge is 0.286 e. The van der Waals surface area contributed by atoms with Gasteiger partial charge < -0.3 is 14.4 Å². The molecule has 2 aromatic carbocycles. The summed E-state index contributed by atoms with van der Waals surface area (Å²) in [5, 5.41) is 5.62. The molecule has 2 atom stereocenters. The fourth-order valence-electron chi connectivity index (χ4n) is 4.40. The monoisotopic (exact) mass is 502 g/mol. The molecule has 1 amide bonds. The molecule has 2 unspecified atom stereocenters. The molecule has 3 heterocycles. The SMILES string of the molecule is CC(C)Oc1ccc(-c2nn(-c3ccccc3)cc2/C=C2/SC(N3CC(C)OC(C)C3)=NC2=O)cc1. The van der Waals surface area contributed by atoms with E-state index in [1.54, 1.807) is 0 Å². The maximum absolute atomic E-state index is 12.9. The Kier molecular flexibility index (Phi) is 6.98. The zero-order valence-electron chi connectivity index (χ0n) is 20.9. The van der Waals surface area contributed by atoms with Crippen LogP contribution in [0.4, 0.5) is 0 Å². The molecule has 1 aromatic heterocycles. The molecule has 1 saturated heterocycles. The van der Waals surface area contributed by atoms with Crippen molar-refractivity contribution >= 4 is 28.9 Å². The lowest BCUT2D eigenvalue weighted by molar-refractivity contribution is -0.113. The van der Waals surface area contributed by atoms with Gasteiger partial charge in [-0.1, -0.05) is 18.2 Å². The van der Waals surface area contributed by atoms with Crippen LogP contribution in [0, 0.1) is 0 Å². The Labute approximate surface area is 215 Å². The lowest BCUT2D eigenvalue weighted by atomic mass is 10.1. The second kappa shape index (κ2) is 10.3. The third-order valence-corrected chi connectivity index (χ3v) is 6.89. The third kappa shape index (κ3) is 5.39. The largest absolute Gasteiger partial charge is 0.491 e. The van der Waals surface area contributed by atoms with Gasteiger partial charge in [-0.05, 0) is 81.9 Å². The van der Waals surface area contributed by atoms with E-state index in [1.165, 1.54) is 11.8 Å². The minimum absolute atomic E-state index is 0.0959. The minimum Gasteiger partial charge on any atom is -0.491 e. The summed E-state index contributed by atoms with van der Waals surface area (Å²) in [4.78, 5) is 20.0. The predicted octanol–water partition coefficient (Wildman–Crippen LogP) is 5.41. The molecule has 3 aromatic rings. The number of hydrogen-bond acceptors (Lipinski definition) is 6. The van der Waals surface area contributed by atoms with Gasteiger partial charge in [0.05, 0.1) is 34.6 Å². The quantitative estimate of drug-likeness (QED) is 0.435. The van der Waals surface area contributed by atoms with Crippen LogP contribution in [0.1, 0.15) is 33.3 Å². The molecule has 0 bridgehead atoms. The van der Waals surface area contributed by atoms with E-state index in [2.05, 4.69) is 9.89 Å². The maximum Gasteiger partial charge on any atom is 0.286 e. The molecule has 36 heavy (non-hydrogen) atoms. The van der Waals surface area contributed by atoms with Gasteiger partial charge in [0.2, 0.25) is 0 Å². The van der Waals surface area contributed by atoms with Gasteiger partial charge in [-0.2, -0.15) is 10.1 Å².